The number of carbonyl (C=O) groups excluding carboxylic acids is 1. The summed E-state index contributed by atoms with van der Waals surface area (Å²) >= 11 is 5.85. The Balaban J connectivity index is 1.41. The second-order valence-corrected chi connectivity index (χ2v) is 7.07. The van der Waals surface area contributed by atoms with Gasteiger partial charge in [0, 0.05) is 37.9 Å². The van der Waals surface area contributed by atoms with Crippen molar-refractivity contribution in [1.82, 2.24) is 14.7 Å². The van der Waals surface area contributed by atoms with Crippen LogP contribution in [0.5, 0.6) is 0 Å². The Morgan fingerprint density at radius 3 is 2.62 bits per heavy atom. The van der Waals surface area contributed by atoms with Crippen molar-refractivity contribution in [3.63, 3.8) is 0 Å². The van der Waals surface area contributed by atoms with Crippen LogP contribution in [-0.4, -0.2) is 46.8 Å². The molecule has 0 spiro atoms. The van der Waals surface area contributed by atoms with Crippen LogP contribution in [0.25, 0.3) is 11.5 Å². The number of piperazine rings is 1. The second kappa shape index (κ2) is 8.08. The molecule has 0 radical (unpaired) electrons. The molecular weight excluding hydrogens is 399 g/mol. The van der Waals surface area contributed by atoms with Gasteiger partial charge in [-0.05, 0) is 36.4 Å². The monoisotopic (exact) mass is 416 g/mol. The summed E-state index contributed by atoms with van der Waals surface area (Å²) in [4.78, 5) is 28.5. The molecule has 0 aliphatic carbocycles. The summed E-state index contributed by atoms with van der Waals surface area (Å²) < 4.78 is 19.8. The topological polar surface area (TPSA) is 71.6 Å². The zero-order valence-electron chi connectivity index (χ0n) is 15.4. The van der Waals surface area contributed by atoms with Gasteiger partial charge < -0.3 is 14.2 Å². The van der Waals surface area contributed by atoms with Crippen molar-refractivity contribution in [2.75, 3.05) is 31.1 Å². The van der Waals surface area contributed by atoms with E-state index in [1.54, 1.807) is 35.2 Å². The van der Waals surface area contributed by atoms with Gasteiger partial charge >= 0.3 is 0 Å². The quantitative estimate of drug-likeness (QED) is 0.654. The molecule has 1 aliphatic heterocycles. The Morgan fingerprint density at radius 1 is 1.14 bits per heavy atom. The predicted molar refractivity (Wildman–Crippen MR) is 106 cm³/mol. The van der Waals surface area contributed by atoms with Crippen molar-refractivity contribution >= 4 is 23.2 Å². The van der Waals surface area contributed by atoms with E-state index in [9.17, 15) is 14.0 Å². The highest BCUT2D eigenvalue weighted by Crippen LogP contribution is 2.23. The summed E-state index contributed by atoms with van der Waals surface area (Å²) in [7, 11) is 0. The number of nitrogens with zero attached hydrogens (tertiary/aromatic N) is 4. The molecule has 0 N–H and O–H groups in total. The maximum Gasteiger partial charge on any atom is 0.267 e. The van der Waals surface area contributed by atoms with Gasteiger partial charge in [0.2, 0.25) is 5.91 Å². The van der Waals surface area contributed by atoms with Gasteiger partial charge in [-0.1, -0.05) is 11.6 Å². The maximum absolute atomic E-state index is 13.3. The molecule has 0 bridgehead atoms. The summed E-state index contributed by atoms with van der Waals surface area (Å²) in [6.07, 6.45) is 1.52. The molecule has 2 aromatic heterocycles. The van der Waals surface area contributed by atoms with Crippen LogP contribution in [0, 0.1) is 5.82 Å². The lowest BCUT2D eigenvalue weighted by Gasteiger charge is -2.36. The molecule has 1 amide bonds. The molecule has 4 rings (SSSR count). The molecule has 1 fully saturated rings. The van der Waals surface area contributed by atoms with E-state index in [1.807, 2.05) is 4.90 Å². The molecule has 3 heterocycles. The number of furan rings is 1. The van der Waals surface area contributed by atoms with Crippen molar-refractivity contribution in [3.05, 3.63) is 69.9 Å². The molecule has 3 aromatic rings. The number of anilines is 1. The molecule has 1 aliphatic rings. The number of hydrogen-bond donors (Lipinski definition) is 0. The highest BCUT2D eigenvalue weighted by molar-refractivity contribution is 6.31. The minimum atomic E-state index is -0.459. The van der Waals surface area contributed by atoms with E-state index in [4.69, 9.17) is 16.0 Å². The molecule has 0 unspecified atom stereocenters. The number of benzene rings is 1. The van der Waals surface area contributed by atoms with Crippen LogP contribution < -0.4 is 10.5 Å². The van der Waals surface area contributed by atoms with Gasteiger partial charge in [0.1, 0.15) is 18.1 Å². The van der Waals surface area contributed by atoms with Gasteiger partial charge in [0.25, 0.3) is 5.56 Å². The van der Waals surface area contributed by atoms with Crippen LogP contribution in [0.3, 0.4) is 0 Å². The van der Waals surface area contributed by atoms with E-state index in [0.717, 1.165) is 10.4 Å². The highest BCUT2D eigenvalue weighted by atomic mass is 35.5. The van der Waals surface area contributed by atoms with Gasteiger partial charge in [0.05, 0.1) is 11.3 Å². The molecule has 1 aromatic carbocycles. The molecule has 7 nitrogen and oxygen atoms in total. The Labute approximate surface area is 170 Å². The van der Waals surface area contributed by atoms with Gasteiger partial charge in [-0.25, -0.2) is 9.07 Å². The molecule has 0 saturated carbocycles. The van der Waals surface area contributed by atoms with Crippen LogP contribution in [0.4, 0.5) is 10.1 Å². The van der Waals surface area contributed by atoms with Crippen LogP contribution in [-0.2, 0) is 11.3 Å². The first kappa shape index (κ1) is 19.2. The lowest BCUT2D eigenvalue weighted by atomic mass is 10.2. The van der Waals surface area contributed by atoms with Crippen molar-refractivity contribution in [3.8, 4) is 11.5 Å². The summed E-state index contributed by atoms with van der Waals surface area (Å²) in [6.45, 7) is 2.00. The highest BCUT2D eigenvalue weighted by Gasteiger charge is 2.22. The van der Waals surface area contributed by atoms with Gasteiger partial charge in [-0.2, -0.15) is 5.10 Å². The fourth-order valence-electron chi connectivity index (χ4n) is 3.24. The van der Waals surface area contributed by atoms with Gasteiger partial charge in [0.15, 0.2) is 5.76 Å². The zero-order chi connectivity index (χ0) is 20.4. The largest absolute Gasteiger partial charge is 0.463 e. The first-order valence-electron chi connectivity index (χ1n) is 9.11. The van der Waals surface area contributed by atoms with E-state index >= 15 is 0 Å². The zero-order valence-corrected chi connectivity index (χ0v) is 16.2. The summed E-state index contributed by atoms with van der Waals surface area (Å²) in [6, 6.07) is 11.0. The normalized spacial score (nSPS) is 14.3. The van der Waals surface area contributed by atoms with Crippen LogP contribution >= 0.6 is 11.6 Å². The fourth-order valence-corrected chi connectivity index (χ4v) is 3.42. The van der Waals surface area contributed by atoms with Crippen molar-refractivity contribution < 1.29 is 13.6 Å². The van der Waals surface area contributed by atoms with E-state index < -0.39 is 5.82 Å². The fraction of sp³-hybridized carbons (Fsp3) is 0.250. The molecule has 0 atom stereocenters. The van der Waals surface area contributed by atoms with Gasteiger partial charge in [-0.15, -0.1) is 0 Å². The minimum Gasteiger partial charge on any atom is -0.463 e. The van der Waals surface area contributed by atoms with Crippen LogP contribution in [0.1, 0.15) is 0 Å². The summed E-state index contributed by atoms with van der Waals surface area (Å²) in [5.41, 5.74) is 0.946. The lowest BCUT2D eigenvalue weighted by Crippen LogP contribution is -2.50. The predicted octanol–water partition coefficient (Wildman–Crippen LogP) is 2.64. The Hall–Kier alpha value is -3.13. The molecule has 150 valence electrons. The smallest absolute Gasteiger partial charge is 0.267 e. The number of halogens is 2. The van der Waals surface area contributed by atoms with Crippen LogP contribution in [0.2, 0.25) is 5.02 Å². The number of rotatable bonds is 4. The molecule has 29 heavy (non-hydrogen) atoms. The van der Waals surface area contributed by atoms with E-state index in [0.29, 0.717) is 37.6 Å². The van der Waals surface area contributed by atoms with E-state index in [-0.39, 0.29) is 23.0 Å². The molecule has 9 heteroatoms. The van der Waals surface area contributed by atoms with E-state index in [2.05, 4.69) is 5.10 Å². The van der Waals surface area contributed by atoms with Crippen molar-refractivity contribution in [2.24, 2.45) is 0 Å². The van der Waals surface area contributed by atoms with E-state index in [1.165, 1.54) is 18.4 Å². The minimum absolute atomic E-state index is 0.0721. The Morgan fingerprint density at radius 2 is 1.93 bits per heavy atom. The lowest BCUT2D eigenvalue weighted by molar-refractivity contribution is -0.132. The first-order valence-corrected chi connectivity index (χ1v) is 9.49. The Bertz CT molecular complexity index is 1080. The van der Waals surface area contributed by atoms with Gasteiger partial charge in [-0.3, -0.25) is 9.59 Å². The third-order valence-electron chi connectivity index (χ3n) is 4.83. The SMILES string of the molecule is O=C(Cn1nc(-c2ccco2)ccc1=O)N1CCN(c2ccc(F)c(Cl)c2)CC1. The average molecular weight is 417 g/mol. The number of amides is 1. The summed E-state index contributed by atoms with van der Waals surface area (Å²) in [5.74, 6) is -0.121. The number of aromatic nitrogens is 2. The third kappa shape index (κ3) is 4.17. The van der Waals surface area contributed by atoms with Crippen LogP contribution in [0.15, 0.2) is 57.9 Å². The van der Waals surface area contributed by atoms with Crippen molar-refractivity contribution in [2.45, 2.75) is 6.54 Å². The molecular formula is C20H18ClFN4O3. The number of hydrogen-bond acceptors (Lipinski definition) is 5. The third-order valence-corrected chi connectivity index (χ3v) is 5.12. The summed E-state index contributed by atoms with van der Waals surface area (Å²) in [5, 5.41) is 4.30. The number of carbonyl (C=O) groups is 1. The first-order chi connectivity index (χ1) is 14.0. The average Bonchev–Trinajstić information content (AvgIpc) is 3.27. The Kier molecular flexibility index (Phi) is 5.35. The maximum atomic E-state index is 13.3. The second-order valence-electron chi connectivity index (χ2n) is 6.66. The standard InChI is InChI=1S/C20H18ClFN4O3/c21-15-12-14(3-4-16(15)22)24-7-9-25(10-8-24)20(28)13-26-19(27)6-5-17(23-26)18-2-1-11-29-18/h1-6,11-12H,7-10,13H2. The van der Waals surface area contributed by atoms with Crippen molar-refractivity contribution in [1.29, 1.82) is 0 Å². The molecule has 1 saturated heterocycles.